The lowest BCUT2D eigenvalue weighted by Crippen LogP contribution is -2.14. The van der Waals surface area contributed by atoms with Gasteiger partial charge in [-0.25, -0.2) is 0 Å². The molecule has 1 unspecified atom stereocenters. The van der Waals surface area contributed by atoms with Crippen molar-refractivity contribution in [2.45, 2.75) is 25.4 Å². The van der Waals surface area contributed by atoms with Crippen molar-refractivity contribution in [2.75, 3.05) is 12.0 Å². The van der Waals surface area contributed by atoms with Gasteiger partial charge in [-0.15, -0.1) is 0 Å². The number of hydrogen-bond donors (Lipinski definition) is 1. The van der Waals surface area contributed by atoms with Crippen LogP contribution in [0.25, 0.3) is 0 Å². The van der Waals surface area contributed by atoms with Crippen LogP contribution in [0.4, 0.5) is 0 Å². The topological polar surface area (TPSA) is 9.23 Å². The van der Waals surface area contributed by atoms with Gasteiger partial charge in [-0.2, -0.15) is 12.6 Å². The zero-order valence-electron chi connectivity index (χ0n) is 6.53. The summed E-state index contributed by atoms with van der Waals surface area (Å²) < 4.78 is 5.51. The molecular weight excluding hydrogens is 184 g/mol. The SMILES string of the molecule is CSSC(CS)OC(C)C. The first-order chi connectivity index (χ1) is 4.70. The first-order valence-corrected chi connectivity index (χ1v) is 6.41. The van der Waals surface area contributed by atoms with Crippen LogP contribution in [0.1, 0.15) is 13.8 Å². The minimum Gasteiger partial charge on any atom is -0.363 e. The molecule has 0 saturated heterocycles. The Bertz CT molecular complexity index is 77.4. The van der Waals surface area contributed by atoms with Crippen molar-refractivity contribution >= 4 is 34.2 Å². The van der Waals surface area contributed by atoms with Crippen molar-refractivity contribution in [3.63, 3.8) is 0 Å². The minimum atomic E-state index is 0.235. The van der Waals surface area contributed by atoms with Gasteiger partial charge in [0, 0.05) is 5.75 Å². The Kier molecular flexibility index (Phi) is 7.38. The molecule has 0 aromatic carbocycles. The van der Waals surface area contributed by atoms with E-state index in [0.29, 0.717) is 6.10 Å². The second-order valence-corrected chi connectivity index (χ2v) is 5.05. The van der Waals surface area contributed by atoms with Crippen molar-refractivity contribution in [2.24, 2.45) is 0 Å². The van der Waals surface area contributed by atoms with Crippen molar-refractivity contribution in [1.29, 1.82) is 0 Å². The minimum absolute atomic E-state index is 0.235. The zero-order valence-corrected chi connectivity index (χ0v) is 9.06. The molecule has 0 aliphatic rings. The van der Waals surface area contributed by atoms with Crippen molar-refractivity contribution in [3.05, 3.63) is 0 Å². The molecule has 0 radical (unpaired) electrons. The fourth-order valence-electron chi connectivity index (χ4n) is 0.507. The van der Waals surface area contributed by atoms with E-state index < -0.39 is 0 Å². The molecule has 0 fully saturated rings. The fraction of sp³-hybridized carbons (Fsp3) is 1.00. The van der Waals surface area contributed by atoms with Crippen LogP contribution in [0.5, 0.6) is 0 Å². The largest absolute Gasteiger partial charge is 0.363 e. The summed E-state index contributed by atoms with van der Waals surface area (Å²) in [6.45, 7) is 4.08. The molecule has 0 aliphatic carbocycles. The van der Waals surface area contributed by atoms with Crippen molar-refractivity contribution < 1.29 is 4.74 Å². The van der Waals surface area contributed by atoms with E-state index in [1.165, 1.54) is 0 Å². The Morgan fingerprint density at radius 1 is 1.50 bits per heavy atom. The number of thiol groups is 1. The average molecular weight is 198 g/mol. The molecule has 0 aromatic rings. The Balaban J connectivity index is 3.39. The van der Waals surface area contributed by atoms with Crippen LogP contribution in [-0.4, -0.2) is 23.5 Å². The van der Waals surface area contributed by atoms with E-state index in [2.05, 4.69) is 12.6 Å². The molecule has 4 heteroatoms. The summed E-state index contributed by atoms with van der Waals surface area (Å²) in [5.74, 6) is 0.781. The van der Waals surface area contributed by atoms with Crippen LogP contribution in [0.2, 0.25) is 0 Å². The first-order valence-electron chi connectivity index (χ1n) is 3.16. The van der Waals surface area contributed by atoms with Gasteiger partial charge in [-0.05, 0) is 20.1 Å². The van der Waals surface area contributed by atoms with Crippen LogP contribution in [-0.2, 0) is 4.74 Å². The van der Waals surface area contributed by atoms with Gasteiger partial charge in [0.15, 0.2) is 0 Å². The zero-order chi connectivity index (χ0) is 7.98. The van der Waals surface area contributed by atoms with E-state index in [1.807, 2.05) is 20.1 Å². The molecule has 0 aliphatic heterocycles. The summed E-state index contributed by atoms with van der Waals surface area (Å²) in [6.07, 6.45) is 2.35. The lowest BCUT2D eigenvalue weighted by molar-refractivity contribution is 0.0724. The van der Waals surface area contributed by atoms with Gasteiger partial charge in [-0.1, -0.05) is 21.6 Å². The monoisotopic (exact) mass is 198 g/mol. The van der Waals surface area contributed by atoms with Crippen LogP contribution >= 0.6 is 34.2 Å². The molecule has 1 nitrogen and oxygen atoms in total. The van der Waals surface area contributed by atoms with Crippen LogP contribution in [0, 0.1) is 0 Å². The summed E-state index contributed by atoms with van der Waals surface area (Å²) in [5.41, 5.74) is 0.235. The number of hydrogen-bond acceptors (Lipinski definition) is 4. The Labute approximate surface area is 76.5 Å². The molecule has 62 valence electrons. The summed E-state index contributed by atoms with van der Waals surface area (Å²) in [7, 11) is 3.44. The van der Waals surface area contributed by atoms with Crippen molar-refractivity contribution in [1.82, 2.24) is 0 Å². The van der Waals surface area contributed by atoms with Crippen molar-refractivity contribution in [3.8, 4) is 0 Å². The molecule has 0 rings (SSSR count). The number of rotatable bonds is 5. The molecule has 10 heavy (non-hydrogen) atoms. The molecule has 0 aromatic heterocycles. The van der Waals surface area contributed by atoms with E-state index in [4.69, 9.17) is 4.74 Å². The molecule has 1 atom stereocenters. The molecule has 0 N–H and O–H groups in total. The van der Waals surface area contributed by atoms with Gasteiger partial charge >= 0.3 is 0 Å². The van der Waals surface area contributed by atoms with Gasteiger partial charge in [-0.3, -0.25) is 0 Å². The van der Waals surface area contributed by atoms with Gasteiger partial charge in [0.05, 0.1) is 6.10 Å². The Morgan fingerprint density at radius 3 is 2.40 bits per heavy atom. The predicted octanol–water partition coefficient (Wildman–Crippen LogP) is 2.68. The average Bonchev–Trinajstić information content (AvgIpc) is 1.86. The van der Waals surface area contributed by atoms with E-state index in [1.54, 1.807) is 21.6 Å². The quantitative estimate of drug-likeness (QED) is 0.413. The standard InChI is InChI=1S/C6H14OS3/c1-5(2)7-6(4-8)10-9-3/h5-6,8H,4H2,1-3H3. The van der Waals surface area contributed by atoms with Gasteiger partial charge < -0.3 is 4.74 Å². The molecule has 0 spiro atoms. The third-order valence-corrected chi connectivity index (χ3v) is 3.26. The summed E-state index contributed by atoms with van der Waals surface area (Å²) in [6, 6.07) is 0. The molecule has 0 amide bonds. The summed E-state index contributed by atoms with van der Waals surface area (Å²) in [5, 5.41) is 0. The summed E-state index contributed by atoms with van der Waals surface area (Å²) in [4.78, 5) is 0. The van der Waals surface area contributed by atoms with E-state index >= 15 is 0 Å². The third kappa shape index (κ3) is 5.77. The van der Waals surface area contributed by atoms with Gasteiger partial charge in [0.2, 0.25) is 0 Å². The van der Waals surface area contributed by atoms with E-state index in [-0.39, 0.29) is 5.44 Å². The van der Waals surface area contributed by atoms with Crippen LogP contribution in [0.3, 0.4) is 0 Å². The molecular formula is C6H14OS3. The lowest BCUT2D eigenvalue weighted by atomic mass is 10.5. The van der Waals surface area contributed by atoms with Gasteiger partial charge in [0.25, 0.3) is 0 Å². The maximum absolute atomic E-state index is 5.51. The smallest absolute Gasteiger partial charge is 0.122 e. The predicted molar refractivity (Wildman–Crippen MR) is 55.0 cm³/mol. The summed E-state index contributed by atoms with van der Waals surface area (Å²) >= 11 is 4.17. The number of ether oxygens (including phenoxy) is 1. The maximum Gasteiger partial charge on any atom is 0.122 e. The molecule has 0 saturated carbocycles. The normalized spacial score (nSPS) is 14.1. The van der Waals surface area contributed by atoms with Crippen LogP contribution < -0.4 is 0 Å². The Morgan fingerprint density at radius 2 is 2.10 bits per heavy atom. The van der Waals surface area contributed by atoms with E-state index in [9.17, 15) is 0 Å². The maximum atomic E-state index is 5.51. The highest BCUT2D eigenvalue weighted by atomic mass is 33.1. The highest BCUT2D eigenvalue weighted by Crippen LogP contribution is 2.26. The van der Waals surface area contributed by atoms with Crippen LogP contribution in [0.15, 0.2) is 0 Å². The second kappa shape index (κ2) is 6.70. The second-order valence-electron chi connectivity index (χ2n) is 2.06. The molecule has 0 heterocycles. The lowest BCUT2D eigenvalue weighted by Gasteiger charge is -2.15. The van der Waals surface area contributed by atoms with Gasteiger partial charge in [0.1, 0.15) is 5.44 Å². The Hall–Kier alpha value is 1.01. The fourth-order valence-corrected chi connectivity index (χ4v) is 2.65. The third-order valence-electron chi connectivity index (χ3n) is 0.777. The highest BCUT2D eigenvalue weighted by molar-refractivity contribution is 8.76. The van der Waals surface area contributed by atoms with E-state index in [0.717, 1.165) is 5.75 Å². The molecule has 0 bridgehead atoms. The highest BCUT2D eigenvalue weighted by Gasteiger charge is 2.07. The first kappa shape index (κ1) is 11.0.